The molecular weight excluding hydrogens is 476 g/mol. The van der Waals surface area contributed by atoms with Gasteiger partial charge in [0.1, 0.15) is 18.1 Å². The van der Waals surface area contributed by atoms with Crippen LogP contribution in [0.4, 0.5) is 0 Å². The van der Waals surface area contributed by atoms with Crippen LogP contribution in [0.3, 0.4) is 0 Å². The predicted octanol–water partition coefficient (Wildman–Crippen LogP) is 7.06. The predicted molar refractivity (Wildman–Crippen MR) is 138 cm³/mol. The van der Waals surface area contributed by atoms with Gasteiger partial charge in [-0.05, 0) is 56.9 Å². The highest BCUT2D eigenvalue weighted by Gasteiger charge is 2.42. The number of hydrogen-bond donors (Lipinski definition) is 0. The first kappa shape index (κ1) is 24.6. The minimum atomic E-state index is -0.491. The van der Waals surface area contributed by atoms with Crippen molar-refractivity contribution in [2.45, 2.75) is 71.8 Å². The fourth-order valence-corrected chi connectivity index (χ4v) is 5.89. The van der Waals surface area contributed by atoms with Crippen molar-refractivity contribution in [3.63, 3.8) is 0 Å². The van der Waals surface area contributed by atoms with Crippen LogP contribution in [0.1, 0.15) is 73.6 Å². The van der Waals surface area contributed by atoms with Crippen molar-refractivity contribution in [1.82, 2.24) is 0 Å². The number of benzene rings is 2. The lowest BCUT2D eigenvalue weighted by molar-refractivity contribution is -0.117. The summed E-state index contributed by atoms with van der Waals surface area (Å²) in [6, 6.07) is 9.99. The van der Waals surface area contributed by atoms with Gasteiger partial charge < -0.3 is 14.2 Å². The number of carbonyl (C=O) groups excluding carboxylic acids is 2. The molecule has 0 fully saturated rings. The van der Waals surface area contributed by atoms with Crippen molar-refractivity contribution in [3.05, 3.63) is 80.3 Å². The summed E-state index contributed by atoms with van der Waals surface area (Å²) in [4.78, 5) is 26.2. The van der Waals surface area contributed by atoms with Crippen molar-refractivity contribution in [2.24, 2.45) is 0 Å². The van der Waals surface area contributed by atoms with E-state index in [2.05, 4.69) is 32.0 Å². The second-order valence-electron chi connectivity index (χ2n) is 9.81. The summed E-state index contributed by atoms with van der Waals surface area (Å²) in [6.07, 6.45) is 3.84. The molecule has 0 amide bonds. The maximum Gasteiger partial charge on any atom is 0.180 e. The van der Waals surface area contributed by atoms with Crippen LogP contribution in [0, 0.1) is 13.8 Å². The number of ketones is 2. The molecule has 1 heterocycles. The summed E-state index contributed by atoms with van der Waals surface area (Å²) in [6.45, 7) is 6.79. The fourth-order valence-electron chi connectivity index (χ4n) is 5.62. The van der Waals surface area contributed by atoms with Gasteiger partial charge in [0.2, 0.25) is 0 Å². The fraction of sp³-hybridized carbons (Fsp3) is 0.400. The number of aryl methyl sites for hydroxylation is 2. The lowest BCUT2D eigenvalue weighted by Crippen LogP contribution is -2.30. The third kappa shape index (κ3) is 4.69. The molecule has 0 spiro atoms. The Bertz CT molecular complexity index is 1240. The zero-order valence-electron chi connectivity index (χ0n) is 21.0. The van der Waals surface area contributed by atoms with Gasteiger partial charge in [0, 0.05) is 42.7 Å². The summed E-state index contributed by atoms with van der Waals surface area (Å²) in [5.74, 6) is 1.96. The summed E-state index contributed by atoms with van der Waals surface area (Å²) in [7, 11) is 0. The molecule has 3 aliphatic rings. The number of hydrogen-bond acceptors (Lipinski definition) is 5. The Kier molecular flexibility index (Phi) is 6.94. The summed E-state index contributed by atoms with van der Waals surface area (Å²) in [5, 5.41) is 0.391. The van der Waals surface area contributed by atoms with E-state index in [1.807, 2.05) is 19.1 Å². The number of allylic oxidation sites excluding steroid dienone is 4. The Balaban J connectivity index is 1.57. The van der Waals surface area contributed by atoms with E-state index in [-0.39, 0.29) is 11.6 Å². The van der Waals surface area contributed by atoms with Gasteiger partial charge in [-0.2, -0.15) is 0 Å². The Labute approximate surface area is 217 Å². The maximum absolute atomic E-state index is 13.1. The van der Waals surface area contributed by atoms with Crippen molar-refractivity contribution < 1.29 is 23.8 Å². The third-order valence-corrected chi connectivity index (χ3v) is 7.25. The van der Waals surface area contributed by atoms with Crippen LogP contribution in [0.5, 0.6) is 11.5 Å². The van der Waals surface area contributed by atoms with Gasteiger partial charge in [-0.3, -0.25) is 9.59 Å². The SMILES string of the molecule is CCOc1cc(C2C3=C(CCCC3=O)OC3=C2C(=O)CCC3)cc(Cl)c1OCc1cc(C)cc(C)c1. The van der Waals surface area contributed by atoms with Crippen LogP contribution in [0.15, 0.2) is 53.0 Å². The highest BCUT2D eigenvalue weighted by atomic mass is 35.5. The maximum atomic E-state index is 13.1. The molecule has 2 aromatic carbocycles. The van der Waals surface area contributed by atoms with E-state index in [4.69, 9.17) is 25.8 Å². The van der Waals surface area contributed by atoms with Crippen LogP contribution in [0.25, 0.3) is 0 Å². The van der Waals surface area contributed by atoms with Crippen LogP contribution in [0.2, 0.25) is 5.02 Å². The number of halogens is 1. The molecule has 0 atom stereocenters. The van der Waals surface area contributed by atoms with Crippen molar-refractivity contribution in [3.8, 4) is 11.5 Å². The molecule has 0 saturated carbocycles. The first-order valence-corrected chi connectivity index (χ1v) is 13.1. The lowest BCUT2D eigenvalue weighted by Gasteiger charge is -2.36. The van der Waals surface area contributed by atoms with Crippen LogP contribution < -0.4 is 9.47 Å². The number of ether oxygens (including phenoxy) is 3. The molecule has 6 heteroatoms. The van der Waals surface area contributed by atoms with Crippen molar-refractivity contribution in [1.29, 1.82) is 0 Å². The summed E-state index contributed by atoms with van der Waals surface area (Å²) < 4.78 is 18.3. The number of rotatable bonds is 6. The second-order valence-corrected chi connectivity index (χ2v) is 10.2. The third-order valence-electron chi connectivity index (χ3n) is 6.97. The van der Waals surface area contributed by atoms with E-state index < -0.39 is 5.92 Å². The molecule has 1 aliphatic heterocycles. The molecular formula is C30H31ClO5. The van der Waals surface area contributed by atoms with Crippen LogP contribution in [-0.2, 0) is 20.9 Å². The Hall–Kier alpha value is -3.05. The molecule has 188 valence electrons. The zero-order chi connectivity index (χ0) is 25.4. The summed E-state index contributed by atoms with van der Waals surface area (Å²) >= 11 is 6.80. The molecule has 5 rings (SSSR count). The number of carbonyl (C=O) groups is 2. The molecule has 0 radical (unpaired) electrons. The van der Waals surface area contributed by atoms with Gasteiger partial charge in [0.05, 0.1) is 11.6 Å². The first-order chi connectivity index (χ1) is 17.4. The quantitative estimate of drug-likeness (QED) is 0.419. The molecule has 0 unspecified atom stereocenters. The monoisotopic (exact) mass is 506 g/mol. The minimum absolute atomic E-state index is 0.0374. The highest BCUT2D eigenvalue weighted by molar-refractivity contribution is 6.32. The average molecular weight is 507 g/mol. The van der Waals surface area contributed by atoms with E-state index in [9.17, 15) is 9.59 Å². The molecule has 5 nitrogen and oxygen atoms in total. The average Bonchev–Trinajstić information content (AvgIpc) is 2.82. The second kappa shape index (κ2) is 10.1. The molecule has 0 N–H and O–H groups in total. The molecule has 0 bridgehead atoms. The van der Waals surface area contributed by atoms with Gasteiger partial charge >= 0.3 is 0 Å². The standard InChI is InChI=1S/C30H31ClO5/c1-4-34-26-15-20(14-21(31)30(26)35-16-19-12-17(2)11-18(3)13-19)27-28-22(32)7-5-9-24(28)36-25-10-6-8-23(33)29(25)27/h11-15,27H,4-10,16H2,1-3H3. The zero-order valence-corrected chi connectivity index (χ0v) is 21.8. The van der Waals surface area contributed by atoms with Crippen molar-refractivity contribution >= 4 is 23.2 Å². The van der Waals surface area contributed by atoms with E-state index >= 15 is 0 Å². The Morgan fingerprint density at radius 2 is 1.47 bits per heavy atom. The Morgan fingerprint density at radius 3 is 2.06 bits per heavy atom. The number of Topliss-reactive ketones (excluding diaryl/α,β-unsaturated/α-hetero) is 2. The molecule has 0 aromatic heterocycles. The molecule has 2 aromatic rings. The van der Waals surface area contributed by atoms with Gasteiger partial charge in [0.25, 0.3) is 0 Å². The highest BCUT2D eigenvalue weighted by Crippen LogP contribution is 2.50. The molecule has 36 heavy (non-hydrogen) atoms. The van der Waals surface area contributed by atoms with Crippen molar-refractivity contribution in [2.75, 3.05) is 6.61 Å². The van der Waals surface area contributed by atoms with E-state index in [0.717, 1.165) is 24.0 Å². The van der Waals surface area contributed by atoms with E-state index in [1.54, 1.807) is 0 Å². The van der Waals surface area contributed by atoms with Gasteiger partial charge in [-0.15, -0.1) is 0 Å². The lowest BCUT2D eigenvalue weighted by atomic mass is 9.73. The normalized spacial score (nSPS) is 18.1. The molecule has 2 aliphatic carbocycles. The van der Waals surface area contributed by atoms with Crippen LogP contribution >= 0.6 is 11.6 Å². The summed E-state index contributed by atoms with van der Waals surface area (Å²) in [5.41, 5.74) is 5.33. The topological polar surface area (TPSA) is 61.8 Å². The Morgan fingerprint density at radius 1 is 0.861 bits per heavy atom. The first-order valence-electron chi connectivity index (χ1n) is 12.7. The minimum Gasteiger partial charge on any atom is -0.490 e. The molecule has 0 saturated heterocycles. The van der Waals surface area contributed by atoms with Crippen LogP contribution in [-0.4, -0.2) is 18.2 Å². The van der Waals surface area contributed by atoms with Gasteiger partial charge in [-0.1, -0.05) is 40.9 Å². The van der Waals surface area contributed by atoms with Gasteiger partial charge in [-0.25, -0.2) is 0 Å². The van der Waals surface area contributed by atoms with Gasteiger partial charge in [0.15, 0.2) is 23.1 Å². The van der Waals surface area contributed by atoms with E-state index in [0.29, 0.717) is 78.1 Å². The largest absolute Gasteiger partial charge is 0.490 e. The van der Waals surface area contributed by atoms with E-state index in [1.165, 1.54) is 11.1 Å². The smallest absolute Gasteiger partial charge is 0.180 e.